The summed E-state index contributed by atoms with van der Waals surface area (Å²) in [5, 5.41) is 0. The third-order valence-electron chi connectivity index (χ3n) is 3.22. The molecule has 0 spiro atoms. The van der Waals surface area contributed by atoms with E-state index in [0.717, 1.165) is 0 Å². The second-order valence-corrected chi connectivity index (χ2v) is 4.93. The molecule has 0 heterocycles. The molecule has 0 N–H and O–H groups in total. The zero-order chi connectivity index (χ0) is 11.5. The van der Waals surface area contributed by atoms with Gasteiger partial charge in [0.1, 0.15) is 0 Å². The second kappa shape index (κ2) is 4.69. The summed E-state index contributed by atoms with van der Waals surface area (Å²) in [5.41, 5.74) is 5.70. The Morgan fingerprint density at radius 2 is 1.75 bits per heavy atom. The van der Waals surface area contributed by atoms with Gasteiger partial charge in [0.05, 0.1) is 0 Å². The van der Waals surface area contributed by atoms with Gasteiger partial charge in [0.15, 0.2) is 0 Å². The quantitative estimate of drug-likeness (QED) is 0.663. The zero-order valence-electron chi connectivity index (χ0n) is 10.5. The fourth-order valence-corrected chi connectivity index (χ4v) is 2.12. The van der Waals surface area contributed by atoms with Crippen LogP contribution in [0.1, 0.15) is 37.8 Å². The van der Waals surface area contributed by atoms with E-state index in [1.807, 2.05) is 0 Å². The molecule has 0 unspecified atom stereocenters. The Hall–Kier alpha value is -1.30. The highest BCUT2D eigenvalue weighted by atomic mass is 14.1. The third-order valence-corrected chi connectivity index (χ3v) is 3.22. The van der Waals surface area contributed by atoms with Gasteiger partial charge in [-0.15, -0.1) is 0 Å². The van der Waals surface area contributed by atoms with Gasteiger partial charge >= 0.3 is 0 Å². The van der Waals surface area contributed by atoms with E-state index in [9.17, 15) is 0 Å². The largest absolute Gasteiger partial charge is 0.0807 e. The maximum Gasteiger partial charge on any atom is -0.0222 e. The van der Waals surface area contributed by atoms with Gasteiger partial charge < -0.3 is 0 Å². The standard InChI is InChI=1S/C16H20/c1-12(2)15-5-4-6-16(11-15)14-9-7-13(3)8-10-14/h5,7-12H,4,6H2,1-3H3. The van der Waals surface area contributed by atoms with Crippen LogP contribution in [0.2, 0.25) is 0 Å². The van der Waals surface area contributed by atoms with E-state index in [1.165, 1.54) is 35.1 Å². The fourth-order valence-electron chi connectivity index (χ4n) is 2.12. The van der Waals surface area contributed by atoms with Crippen molar-refractivity contribution in [2.24, 2.45) is 5.92 Å². The third kappa shape index (κ3) is 2.44. The fraction of sp³-hybridized carbons (Fsp3) is 0.375. The van der Waals surface area contributed by atoms with Gasteiger partial charge in [0.25, 0.3) is 0 Å². The average molecular weight is 212 g/mol. The molecule has 1 aromatic carbocycles. The Morgan fingerprint density at radius 1 is 1.06 bits per heavy atom. The SMILES string of the molecule is Cc1ccc(C2=CC(C(C)C)=CCC2)cc1. The number of rotatable bonds is 2. The van der Waals surface area contributed by atoms with Crippen LogP contribution < -0.4 is 0 Å². The summed E-state index contributed by atoms with van der Waals surface area (Å²) in [7, 11) is 0. The molecule has 0 radical (unpaired) electrons. The first-order chi connectivity index (χ1) is 7.66. The smallest absolute Gasteiger partial charge is 0.0222 e. The summed E-state index contributed by atoms with van der Waals surface area (Å²) in [6.07, 6.45) is 7.12. The minimum atomic E-state index is 0.640. The van der Waals surface area contributed by atoms with Crippen molar-refractivity contribution in [3.63, 3.8) is 0 Å². The van der Waals surface area contributed by atoms with Crippen molar-refractivity contribution in [1.29, 1.82) is 0 Å². The molecule has 0 saturated heterocycles. The molecular weight excluding hydrogens is 192 g/mol. The summed E-state index contributed by atoms with van der Waals surface area (Å²) in [5.74, 6) is 0.640. The molecular formula is C16H20. The van der Waals surface area contributed by atoms with Crippen LogP contribution in [0.25, 0.3) is 5.57 Å². The number of aryl methyl sites for hydroxylation is 1. The van der Waals surface area contributed by atoms with E-state index < -0.39 is 0 Å². The minimum Gasteiger partial charge on any atom is -0.0807 e. The van der Waals surface area contributed by atoms with Crippen LogP contribution in [0.15, 0.2) is 42.0 Å². The van der Waals surface area contributed by atoms with Crippen LogP contribution in [0.4, 0.5) is 0 Å². The van der Waals surface area contributed by atoms with E-state index in [1.54, 1.807) is 0 Å². The predicted molar refractivity (Wildman–Crippen MR) is 71.3 cm³/mol. The molecule has 1 aliphatic rings. The molecule has 84 valence electrons. The van der Waals surface area contributed by atoms with Gasteiger partial charge in [-0.25, -0.2) is 0 Å². The minimum absolute atomic E-state index is 0.640. The van der Waals surface area contributed by atoms with E-state index in [-0.39, 0.29) is 0 Å². The van der Waals surface area contributed by atoms with Crippen LogP contribution in [0, 0.1) is 12.8 Å². The van der Waals surface area contributed by atoms with Crippen LogP contribution in [-0.2, 0) is 0 Å². The number of hydrogen-bond acceptors (Lipinski definition) is 0. The van der Waals surface area contributed by atoms with Crippen LogP contribution in [0.5, 0.6) is 0 Å². The van der Waals surface area contributed by atoms with Gasteiger partial charge in [-0.3, -0.25) is 0 Å². The first kappa shape index (κ1) is 11.2. The van der Waals surface area contributed by atoms with Crippen LogP contribution in [-0.4, -0.2) is 0 Å². The molecule has 0 fully saturated rings. The Labute approximate surface area is 98.7 Å². The van der Waals surface area contributed by atoms with Crippen molar-refractivity contribution in [3.05, 3.63) is 53.1 Å². The van der Waals surface area contributed by atoms with E-state index in [2.05, 4.69) is 57.2 Å². The molecule has 0 bridgehead atoms. The van der Waals surface area contributed by atoms with Gasteiger partial charge in [0, 0.05) is 0 Å². The summed E-state index contributed by atoms with van der Waals surface area (Å²) in [6.45, 7) is 6.67. The lowest BCUT2D eigenvalue weighted by Gasteiger charge is -2.16. The van der Waals surface area contributed by atoms with Crippen LogP contribution >= 0.6 is 0 Å². The molecule has 0 aromatic heterocycles. The van der Waals surface area contributed by atoms with Gasteiger partial charge in [-0.1, -0.05) is 55.8 Å². The first-order valence-electron chi connectivity index (χ1n) is 6.14. The lowest BCUT2D eigenvalue weighted by Crippen LogP contribution is -1.98. The molecule has 0 saturated carbocycles. The summed E-state index contributed by atoms with van der Waals surface area (Å²) in [6, 6.07) is 8.88. The Kier molecular flexibility index (Phi) is 3.28. The van der Waals surface area contributed by atoms with Crippen molar-refractivity contribution >= 4 is 5.57 Å². The Balaban J connectivity index is 2.28. The highest BCUT2D eigenvalue weighted by Crippen LogP contribution is 2.29. The summed E-state index contributed by atoms with van der Waals surface area (Å²) in [4.78, 5) is 0. The highest BCUT2D eigenvalue weighted by molar-refractivity contribution is 5.69. The molecule has 0 heteroatoms. The first-order valence-corrected chi connectivity index (χ1v) is 6.14. The van der Waals surface area contributed by atoms with E-state index in [4.69, 9.17) is 0 Å². The topological polar surface area (TPSA) is 0 Å². The molecule has 0 aliphatic heterocycles. The molecule has 2 rings (SSSR count). The van der Waals surface area contributed by atoms with E-state index >= 15 is 0 Å². The Morgan fingerprint density at radius 3 is 2.38 bits per heavy atom. The number of benzene rings is 1. The lowest BCUT2D eigenvalue weighted by atomic mass is 9.89. The monoisotopic (exact) mass is 212 g/mol. The molecule has 0 nitrogen and oxygen atoms in total. The van der Waals surface area contributed by atoms with Gasteiger partial charge in [-0.05, 0) is 42.4 Å². The summed E-state index contributed by atoms with van der Waals surface area (Å²) < 4.78 is 0. The lowest BCUT2D eigenvalue weighted by molar-refractivity contribution is 0.776. The van der Waals surface area contributed by atoms with Crippen molar-refractivity contribution in [2.45, 2.75) is 33.6 Å². The number of hydrogen-bond donors (Lipinski definition) is 0. The normalized spacial score (nSPS) is 16.0. The van der Waals surface area contributed by atoms with E-state index in [0.29, 0.717) is 5.92 Å². The predicted octanol–water partition coefficient (Wildman–Crippen LogP) is 4.75. The van der Waals surface area contributed by atoms with Crippen LogP contribution in [0.3, 0.4) is 0 Å². The molecule has 0 atom stereocenters. The van der Waals surface area contributed by atoms with Crippen molar-refractivity contribution in [3.8, 4) is 0 Å². The van der Waals surface area contributed by atoms with Crippen molar-refractivity contribution in [2.75, 3.05) is 0 Å². The molecule has 1 aliphatic carbocycles. The van der Waals surface area contributed by atoms with Crippen molar-refractivity contribution in [1.82, 2.24) is 0 Å². The highest BCUT2D eigenvalue weighted by Gasteiger charge is 2.09. The van der Waals surface area contributed by atoms with Gasteiger partial charge in [0.2, 0.25) is 0 Å². The molecule has 16 heavy (non-hydrogen) atoms. The Bertz CT molecular complexity index is 416. The zero-order valence-corrected chi connectivity index (χ0v) is 10.5. The molecule has 0 amide bonds. The van der Waals surface area contributed by atoms with Gasteiger partial charge in [-0.2, -0.15) is 0 Å². The maximum absolute atomic E-state index is 2.38. The number of allylic oxidation sites excluding steroid dienone is 4. The average Bonchev–Trinajstić information content (AvgIpc) is 2.30. The summed E-state index contributed by atoms with van der Waals surface area (Å²) >= 11 is 0. The maximum atomic E-state index is 2.38. The van der Waals surface area contributed by atoms with Crippen molar-refractivity contribution < 1.29 is 0 Å². The molecule has 1 aromatic rings. The second-order valence-electron chi connectivity index (χ2n) is 4.93.